The van der Waals surface area contributed by atoms with Gasteiger partial charge in [0.2, 0.25) is 0 Å². The number of hydrogen-bond acceptors (Lipinski definition) is 3. The first-order valence-electron chi connectivity index (χ1n) is 6.36. The highest BCUT2D eigenvalue weighted by Crippen LogP contribution is 2.26. The highest BCUT2D eigenvalue weighted by molar-refractivity contribution is 5.99. The van der Waals surface area contributed by atoms with E-state index in [0.717, 1.165) is 6.42 Å². The molecule has 0 radical (unpaired) electrons. The second-order valence-electron chi connectivity index (χ2n) is 4.94. The van der Waals surface area contributed by atoms with Gasteiger partial charge in [0.25, 0.3) is 5.91 Å². The van der Waals surface area contributed by atoms with E-state index in [9.17, 15) is 4.79 Å². The zero-order valence-corrected chi connectivity index (χ0v) is 10.9. The minimum Gasteiger partial charge on any atom is -0.497 e. The Morgan fingerprint density at radius 1 is 1.44 bits per heavy atom. The van der Waals surface area contributed by atoms with E-state index in [4.69, 9.17) is 10.5 Å². The van der Waals surface area contributed by atoms with E-state index in [-0.39, 0.29) is 11.9 Å². The van der Waals surface area contributed by atoms with Crippen LogP contribution in [0.3, 0.4) is 0 Å². The second kappa shape index (κ2) is 5.29. The molecule has 1 fully saturated rings. The van der Waals surface area contributed by atoms with Crippen molar-refractivity contribution in [2.24, 2.45) is 5.92 Å². The van der Waals surface area contributed by atoms with E-state index >= 15 is 0 Å². The summed E-state index contributed by atoms with van der Waals surface area (Å²) in [5, 5.41) is 3.06. The fourth-order valence-corrected chi connectivity index (χ4v) is 2.48. The Hall–Kier alpha value is -1.71. The number of methoxy groups -OCH3 is 1. The van der Waals surface area contributed by atoms with Crippen LogP contribution in [0, 0.1) is 5.92 Å². The largest absolute Gasteiger partial charge is 0.497 e. The number of carbonyl (C=O) groups excluding carboxylic acids is 1. The predicted molar refractivity (Wildman–Crippen MR) is 71.7 cm³/mol. The van der Waals surface area contributed by atoms with E-state index in [0.29, 0.717) is 22.9 Å². The normalized spacial score (nSPS) is 22.8. The lowest BCUT2D eigenvalue weighted by atomic mass is 10.1. The van der Waals surface area contributed by atoms with Crippen LogP contribution in [-0.2, 0) is 0 Å². The number of carbonyl (C=O) groups is 1. The molecule has 0 aromatic heterocycles. The molecule has 0 saturated heterocycles. The summed E-state index contributed by atoms with van der Waals surface area (Å²) in [6.07, 6.45) is 3.43. The van der Waals surface area contributed by atoms with Crippen molar-refractivity contribution in [2.75, 3.05) is 12.8 Å². The first-order valence-corrected chi connectivity index (χ1v) is 6.36. The van der Waals surface area contributed by atoms with Gasteiger partial charge in [0.05, 0.1) is 12.7 Å². The molecule has 18 heavy (non-hydrogen) atoms. The van der Waals surface area contributed by atoms with E-state index < -0.39 is 0 Å². The summed E-state index contributed by atoms with van der Waals surface area (Å²) in [6.45, 7) is 2.18. The standard InChI is InChI=1S/C14H20N2O2/c1-9-4-3-5-13(9)16-14(17)11-7-6-10(18-2)8-12(11)15/h6-9,13H,3-5,15H2,1-2H3,(H,16,17). The Kier molecular flexibility index (Phi) is 3.75. The molecule has 1 amide bonds. The summed E-state index contributed by atoms with van der Waals surface area (Å²) >= 11 is 0. The maximum atomic E-state index is 12.1. The summed E-state index contributed by atoms with van der Waals surface area (Å²) in [5.74, 6) is 1.13. The first-order chi connectivity index (χ1) is 8.61. The molecule has 0 bridgehead atoms. The summed E-state index contributed by atoms with van der Waals surface area (Å²) in [4.78, 5) is 12.1. The van der Waals surface area contributed by atoms with Gasteiger partial charge in [0, 0.05) is 17.8 Å². The van der Waals surface area contributed by atoms with E-state index in [1.54, 1.807) is 25.3 Å². The van der Waals surface area contributed by atoms with Gasteiger partial charge in [-0.2, -0.15) is 0 Å². The summed E-state index contributed by atoms with van der Waals surface area (Å²) in [5.41, 5.74) is 6.85. The lowest BCUT2D eigenvalue weighted by molar-refractivity contribution is 0.0930. The molecule has 1 aliphatic carbocycles. The van der Waals surface area contributed by atoms with Gasteiger partial charge in [0.1, 0.15) is 5.75 Å². The third-order valence-corrected chi connectivity index (χ3v) is 3.68. The van der Waals surface area contributed by atoms with Crippen LogP contribution in [0.5, 0.6) is 5.75 Å². The molecule has 1 aromatic carbocycles. The Morgan fingerprint density at radius 3 is 2.78 bits per heavy atom. The Morgan fingerprint density at radius 2 is 2.22 bits per heavy atom. The molecule has 4 nitrogen and oxygen atoms in total. The first kappa shape index (κ1) is 12.7. The number of nitrogens with one attached hydrogen (secondary N) is 1. The maximum absolute atomic E-state index is 12.1. The third kappa shape index (κ3) is 2.58. The molecule has 1 aromatic rings. The van der Waals surface area contributed by atoms with Crippen molar-refractivity contribution in [3.05, 3.63) is 23.8 Å². The number of nitrogen functional groups attached to an aromatic ring is 1. The van der Waals surface area contributed by atoms with Crippen molar-refractivity contribution in [1.82, 2.24) is 5.32 Å². The number of anilines is 1. The van der Waals surface area contributed by atoms with E-state index in [1.165, 1.54) is 12.8 Å². The minimum atomic E-state index is -0.0890. The van der Waals surface area contributed by atoms with Crippen molar-refractivity contribution in [1.29, 1.82) is 0 Å². The maximum Gasteiger partial charge on any atom is 0.253 e. The van der Waals surface area contributed by atoms with Crippen LogP contribution in [-0.4, -0.2) is 19.1 Å². The van der Waals surface area contributed by atoms with Crippen molar-refractivity contribution in [3.8, 4) is 5.75 Å². The van der Waals surface area contributed by atoms with Crippen molar-refractivity contribution >= 4 is 11.6 Å². The second-order valence-corrected chi connectivity index (χ2v) is 4.94. The minimum absolute atomic E-state index is 0.0890. The molecule has 2 unspecified atom stereocenters. The average Bonchev–Trinajstić information content (AvgIpc) is 2.74. The van der Waals surface area contributed by atoms with Crippen molar-refractivity contribution < 1.29 is 9.53 Å². The van der Waals surface area contributed by atoms with Crippen LogP contribution < -0.4 is 15.8 Å². The zero-order valence-electron chi connectivity index (χ0n) is 10.9. The quantitative estimate of drug-likeness (QED) is 0.806. The van der Waals surface area contributed by atoms with Crippen LogP contribution >= 0.6 is 0 Å². The number of hydrogen-bond donors (Lipinski definition) is 2. The molecule has 1 saturated carbocycles. The molecule has 0 aliphatic heterocycles. The third-order valence-electron chi connectivity index (χ3n) is 3.68. The van der Waals surface area contributed by atoms with Crippen molar-refractivity contribution in [2.45, 2.75) is 32.2 Å². The smallest absolute Gasteiger partial charge is 0.253 e. The summed E-state index contributed by atoms with van der Waals surface area (Å²) in [6, 6.07) is 5.42. The van der Waals surface area contributed by atoms with Gasteiger partial charge in [-0.15, -0.1) is 0 Å². The monoisotopic (exact) mass is 248 g/mol. The van der Waals surface area contributed by atoms with Crippen LogP contribution in [0.25, 0.3) is 0 Å². The number of nitrogens with two attached hydrogens (primary N) is 1. The lowest BCUT2D eigenvalue weighted by Crippen LogP contribution is -2.36. The van der Waals surface area contributed by atoms with Crippen molar-refractivity contribution in [3.63, 3.8) is 0 Å². The van der Waals surface area contributed by atoms with Gasteiger partial charge in [-0.3, -0.25) is 4.79 Å². The molecule has 1 aliphatic rings. The molecule has 3 N–H and O–H groups in total. The van der Waals surface area contributed by atoms with Crippen LogP contribution in [0.2, 0.25) is 0 Å². The molecular weight excluding hydrogens is 228 g/mol. The number of ether oxygens (including phenoxy) is 1. The Labute approximate surface area is 108 Å². The Balaban J connectivity index is 2.09. The van der Waals surface area contributed by atoms with Gasteiger partial charge >= 0.3 is 0 Å². The number of benzene rings is 1. The lowest BCUT2D eigenvalue weighted by Gasteiger charge is -2.18. The summed E-state index contributed by atoms with van der Waals surface area (Å²) < 4.78 is 5.07. The van der Waals surface area contributed by atoms with Gasteiger partial charge in [-0.05, 0) is 30.9 Å². The molecule has 0 heterocycles. The molecule has 98 valence electrons. The molecule has 2 atom stereocenters. The fraction of sp³-hybridized carbons (Fsp3) is 0.500. The predicted octanol–water partition coefficient (Wildman–Crippen LogP) is 2.20. The summed E-state index contributed by atoms with van der Waals surface area (Å²) in [7, 11) is 1.58. The molecule has 4 heteroatoms. The average molecular weight is 248 g/mol. The molecule has 2 rings (SSSR count). The van der Waals surface area contributed by atoms with Gasteiger partial charge in [-0.1, -0.05) is 13.3 Å². The number of amides is 1. The van der Waals surface area contributed by atoms with Gasteiger partial charge < -0.3 is 15.8 Å². The zero-order chi connectivity index (χ0) is 13.1. The highest BCUT2D eigenvalue weighted by Gasteiger charge is 2.25. The van der Waals surface area contributed by atoms with Crippen LogP contribution in [0.4, 0.5) is 5.69 Å². The van der Waals surface area contributed by atoms with Gasteiger partial charge in [0.15, 0.2) is 0 Å². The van der Waals surface area contributed by atoms with Gasteiger partial charge in [-0.25, -0.2) is 0 Å². The van der Waals surface area contributed by atoms with Crippen LogP contribution in [0.1, 0.15) is 36.5 Å². The van der Waals surface area contributed by atoms with Crippen LogP contribution in [0.15, 0.2) is 18.2 Å². The Bertz CT molecular complexity index is 445. The number of rotatable bonds is 3. The molecular formula is C14H20N2O2. The van der Waals surface area contributed by atoms with E-state index in [2.05, 4.69) is 12.2 Å². The van der Waals surface area contributed by atoms with E-state index in [1.807, 2.05) is 0 Å². The molecule has 0 spiro atoms. The fourth-order valence-electron chi connectivity index (χ4n) is 2.48. The highest BCUT2D eigenvalue weighted by atomic mass is 16.5. The topological polar surface area (TPSA) is 64.3 Å². The SMILES string of the molecule is COc1ccc(C(=O)NC2CCCC2C)c(N)c1.